The van der Waals surface area contributed by atoms with Crippen LogP contribution in [0.4, 0.5) is 13.2 Å². The summed E-state index contributed by atoms with van der Waals surface area (Å²) >= 11 is 0. The Balaban J connectivity index is 0.00000210. The van der Waals surface area contributed by atoms with Gasteiger partial charge in [-0.25, -0.2) is 13.2 Å². The summed E-state index contributed by atoms with van der Waals surface area (Å²) < 4.78 is 41.3. The van der Waals surface area contributed by atoms with E-state index < -0.39 is 23.5 Å². The van der Waals surface area contributed by atoms with E-state index in [1.54, 1.807) is 31.0 Å². The second-order valence-electron chi connectivity index (χ2n) is 8.80. The molecule has 1 heterocycles. The highest BCUT2D eigenvalue weighted by Crippen LogP contribution is 2.28. The first-order chi connectivity index (χ1) is 16.6. The summed E-state index contributed by atoms with van der Waals surface area (Å²) in [6.45, 7) is 10.3. The smallest absolute Gasteiger partial charge is 0.243 e. The Bertz CT molecular complexity index is 988. The van der Waals surface area contributed by atoms with Gasteiger partial charge >= 0.3 is 0 Å². The number of rotatable bonds is 7. The van der Waals surface area contributed by atoms with Crippen LogP contribution >= 0.6 is 0 Å². The largest absolute Gasteiger partial charge is 0.348 e. The van der Waals surface area contributed by atoms with Crippen LogP contribution in [0.15, 0.2) is 36.4 Å². The first kappa shape index (κ1) is 28.4. The van der Waals surface area contributed by atoms with E-state index in [0.717, 1.165) is 12.0 Å². The zero-order valence-corrected chi connectivity index (χ0v) is 21.3. The van der Waals surface area contributed by atoms with Crippen LogP contribution in [0, 0.1) is 23.4 Å². The summed E-state index contributed by atoms with van der Waals surface area (Å²) in [6.07, 6.45) is 1.36. The molecule has 2 aromatic rings. The fourth-order valence-electron chi connectivity index (χ4n) is 4.37. The topological polar surface area (TPSA) is 61.4 Å². The number of benzene rings is 2. The van der Waals surface area contributed by atoms with Crippen molar-refractivity contribution in [3.8, 4) is 11.1 Å². The number of hydrogen-bond donors (Lipinski definition) is 2. The van der Waals surface area contributed by atoms with Gasteiger partial charge in [-0.2, -0.15) is 0 Å². The van der Waals surface area contributed by atoms with Crippen LogP contribution in [-0.2, 0) is 9.59 Å². The molecule has 1 aliphatic heterocycles. The average Bonchev–Trinajstić information content (AvgIpc) is 3.30. The van der Waals surface area contributed by atoms with Crippen molar-refractivity contribution in [1.82, 2.24) is 15.5 Å². The first-order valence-electron chi connectivity index (χ1n) is 12.2. The molecule has 0 aliphatic carbocycles. The van der Waals surface area contributed by atoms with Gasteiger partial charge in [0.05, 0.1) is 17.6 Å². The highest BCUT2D eigenvalue weighted by molar-refractivity contribution is 5.90. The van der Waals surface area contributed by atoms with E-state index in [0.29, 0.717) is 25.1 Å². The summed E-state index contributed by atoms with van der Waals surface area (Å²) in [7, 11) is 1.74. The monoisotopic (exact) mass is 491 g/mol. The number of halogens is 3. The standard InChI is InChI=1S/C25H30F3N3O2.C2H6/c1-14(2)23(29-4)25(33)31-11-5-6-21(31)24(32)30-15(3)16-7-9-17(10-8-16)22-19(27)12-18(26)13-20(22)28;1-2/h7-10,12-15,21,23,29H,5-6,11H2,1-4H3,(H,30,32);1-2H3. The molecular formula is C27H36F3N3O2. The Morgan fingerprint density at radius 3 is 2.09 bits per heavy atom. The van der Waals surface area contributed by atoms with Crippen LogP contribution in [0.2, 0.25) is 0 Å². The molecule has 1 saturated heterocycles. The molecule has 192 valence electrons. The fraction of sp³-hybridized carbons (Fsp3) is 0.481. The molecule has 2 amide bonds. The van der Waals surface area contributed by atoms with Crippen LogP contribution in [0.1, 0.15) is 59.1 Å². The highest BCUT2D eigenvalue weighted by atomic mass is 19.1. The summed E-state index contributed by atoms with van der Waals surface area (Å²) in [5.74, 6) is -3.14. The number of nitrogens with zero attached hydrogens (tertiary/aromatic N) is 1. The minimum Gasteiger partial charge on any atom is -0.348 e. The van der Waals surface area contributed by atoms with Gasteiger partial charge < -0.3 is 15.5 Å². The SMILES string of the molecule is CC.CNC(C(=O)N1CCCC1C(=O)NC(C)c1ccc(-c2c(F)cc(F)cc2F)cc1)C(C)C. The number of carbonyl (C=O) groups is 2. The van der Waals surface area contributed by atoms with Crippen LogP contribution < -0.4 is 10.6 Å². The Labute approximate surface area is 206 Å². The summed E-state index contributed by atoms with van der Waals surface area (Å²) in [5.41, 5.74) is 0.705. The van der Waals surface area contributed by atoms with Crippen molar-refractivity contribution in [3.63, 3.8) is 0 Å². The molecule has 0 radical (unpaired) electrons. The molecule has 1 aliphatic rings. The van der Waals surface area contributed by atoms with Gasteiger partial charge in [-0.15, -0.1) is 0 Å². The van der Waals surface area contributed by atoms with Gasteiger partial charge in [0, 0.05) is 18.7 Å². The van der Waals surface area contributed by atoms with Gasteiger partial charge in [-0.3, -0.25) is 9.59 Å². The maximum atomic E-state index is 14.1. The van der Waals surface area contributed by atoms with Gasteiger partial charge in [0.2, 0.25) is 11.8 Å². The van der Waals surface area contributed by atoms with Gasteiger partial charge in [0.25, 0.3) is 0 Å². The Morgan fingerprint density at radius 2 is 1.57 bits per heavy atom. The third kappa shape index (κ3) is 6.63. The number of carbonyl (C=O) groups excluding carboxylic acids is 2. The average molecular weight is 492 g/mol. The van der Waals surface area contributed by atoms with Crippen molar-refractivity contribution in [3.05, 3.63) is 59.4 Å². The third-order valence-electron chi connectivity index (χ3n) is 6.15. The first-order valence-corrected chi connectivity index (χ1v) is 12.2. The minimum atomic E-state index is -0.978. The summed E-state index contributed by atoms with van der Waals surface area (Å²) in [6, 6.07) is 6.41. The van der Waals surface area contributed by atoms with Gasteiger partial charge in [-0.1, -0.05) is 52.0 Å². The Hall–Kier alpha value is -2.87. The van der Waals surface area contributed by atoms with E-state index in [4.69, 9.17) is 0 Å². The predicted octanol–water partition coefficient (Wildman–Crippen LogP) is 5.21. The zero-order valence-electron chi connectivity index (χ0n) is 21.3. The van der Waals surface area contributed by atoms with Crippen molar-refractivity contribution in [2.75, 3.05) is 13.6 Å². The second-order valence-corrected chi connectivity index (χ2v) is 8.80. The lowest BCUT2D eigenvalue weighted by atomic mass is 10.00. The zero-order chi connectivity index (χ0) is 26.3. The van der Waals surface area contributed by atoms with E-state index in [1.807, 2.05) is 27.7 Å². The van der Waals surface area contributed by atoms with Crippen molar-refractivity contribution < 1.29 is 22.8 Å². The number of hydrogen-bond acceptors (Lipinski definition) is 3. The molecule has 5 nitrogen and oxygen atoms in total. The maximum Gasteiger partial charge on any atom is 0.243 e. The van der Waals surface area contributed by atoms with Gasteiger partial charge in [0.15, 0.2) is 0 Å². The third-order valence-corrected chi connectivity index (χ3v) is 6.15. The molecule has 3 rings (SSSR count). The van der Waals surface area contributed by atoms with Crippen molar-refractivity contribution in [2.24, 2.45) is 5.92 Å². The van der Waals surface area contributed by atoms with E-state index in [9.17, 15) is 22.8 Å². The van der Waals surface area contributed by atoms with Crippen molar-refractivity contribution in [2.45, 2.75) is 65.6 Å². The van der Waals surface area contributed by atoms with E-state index in [1.165, 1.54) is 12.1 Å². The summed E-state index contributed by atoms with van der Waals surface area (Å²) in [4.78, 5) is 27.6. The molecule has 2 aromatic carbocycles. The molecule has 0 spiro atoms. The van der Waals surface area contributed by atoms with Crippen LogP contribution in [0.25, 0.3) is 11.1 Å². The van der Waals surface area contributed by atoms with E-state index >= 15 is 0 Å². The number of amides is 2. The second kappa shape index (κ2) is 12.7. The fourth-order valence-corrected chi connectivity index (χ4v) is 4.37. The molecule has 35 heavy (non-hydrogen) atoms. The molecule has 2 N–H and O–H groups in total. The number of likely N-dealkylation sites (N-methyl/N-ethyl adjacent to an activating group) is 1. The molecule has 3 unspecified atom stereocenters. The van der Waals surface area contributed by atoms with E-state index in [2.05, 4.69) is 10.6 Å². The lowest BCUT2D eigenvalue weighted by Gasteiger charge is -2.30. The summed E-state index contributed by atoms with van der Waals surface area (Å²) in [5, 5.41) is 5.98. The Morgan fingerprint density at radius 1 is 1.00 bits per heavy atom. The van der Waals surface area contributed by atoms with Crippen LogP contribution in [0.5, 0.6) is 0 Å². The van der Waals surface area contributed by atoms with Crippen LogP contribution in [-0.4, -0.2) is 42.4 Å². The molecule has 0 aromatic heterocycles. The Kier molecular flexibility index (Phi) is 10.3. The normalized spacial score (nSPS) is 17.0. The van der Waals surface area contributed by atoms with Crippen molar-refractivity contribution >= 4 is 11.8 Å². The highest BCUT2D eigenvalue weighted by Gasteiger charge is 2.37. The number of nitrogens with one attached hydrogen (secondary N) is 2. The molecule has 1 fully saturated rings. The molecule has 3 atom stereocenters. The number of likely N-dealkylation sites (tertiary alicyclic amines) is 1. The maximum absolute atomic E-state index is 14.1. The minimum absolute atomic E-state index is 0.0782. The molecule has 0 bridgehead atoms. The quantitative estimate of drug-likeness (QED) is 0.559. The molecule has 8 heteroatoms. The van der Waals surface area contributed by atoms with Gasteiger partial charge in [-0.05, 0) is 43.9 Å². The predicted molar refractivity (Wildman–Crippen MR) is 132 cm³/mol. The van der Waals surface area contributed by atoms with Crippen molar-refractivity contribution in [1.29, 1.82) is 0 Å². The molecular weight excluding hydrogens is 455 g/mol. The van der Waals surface area contributed by atoms with E-state index in [-0.39, 0.29) is 40.9 Å². The van der Waals surface area contributed by atoms with Crippen LogP contribution in [0.3, 0.4) is 0 Å². The molecule has 0 saturated carbocycles. The lowest BCUT2D eigenvalue weighted by Crippen LogP contribution is -2.53. The lowest BCUT2D eigenvalue weighted by molar-refractivity contribution is -0.141. The van der Waals surface area contributed by atoms with Gasteiger partial charge in [0.1, 0.15) is 23.5 Å².